The SMILES string of the molecule is COC1C=CC(CCC(O)N2CCCC2)=CC1. The average Bonchev–Trinajstić information content (AvgIpc) is 2.90. The third-order valence-corrected chi connectivity index (χ3v) is 3.69. The van der Waals surface area contributed by atoms with Crippen molar-refractivity contribution in [3.63, 3.8) is 0 Å². The molecule has 2 atom stereocenters. The first-order valence-electron chi connectivity index (χ1n) is 6.62. The summed E-state index contributed by atoms with van der Waals surface area (Å²) in [4.78, 5) is 2.19. The third kappa shape index (κ3) is 3.66. The van der Waals surface area contributed by atoms with Gasteiger partial charge in [-0.1, -0.05) is 23.8 Å². The van der Waals surface area contributed by atoms with Gasteiger partial charge in [0.05, 0.1) is 6.10 Å². The summed E-state index contributed by atoms with van der Waals surface area (Å²) in [6.45, 7) is 2.11. The molecule has 0 radical (unpaired) electrons. The largest absolute Gasteiger partial charge is 0.378 e. The minimum atomic E-state index is -0.257. The zero-order valence-electron chi connectivity index (χ0n) is 10.6. The Morgan fingerprint density at radius 2 is 2.24 bits per heavy atom. The second-order valence-electron chi connectivity index (χ2n) is 4.91. The zero-order chi connectivity index (χ0) is 12.1. The second-order valence-corrected chi connectivity index (χ2v) is 4.91. The maximum Gasteiger partial charge on any atom is 0.107 e. The van der Waals surface area contributed by atoms with Crippen LogP contribution >= 0.6 is 0 Å². The number of aliphatic hydroxyl groups is 1. The highest BCUT2D eigenvalue weighted by Crippen LogP contribution is 2.20. The van der Waals surface area contributed by atoms with E-state index in [-0.39, 0.29) is 12.3 Å². The highest BCUT2D eigenvalue weighted by atomic mass is 16.5. The van der Waals surface area contributed by atoms with Crippen molar-refractivity contribution in [2.24, 2.45) is 0 Å². The summed E-state index contributed by atoms with van der Waals surface area (Å²) in [5.41, 5.74) is 1.33. The van der Waals surface area contributed by atoms with Crippen LogP contribution < -0.4 is 0 Å². The van der Waals surface area contributed by atoms with Crippen LogP contribution in [-0.4, -0.2) is 42.5 Å². The van der Waals surface area contributed by atoms with Crippen LogP contribution in [0.3, 0.4) is 0 Å². The Hall–Kier alpha value is -0.640. The third-order valence-electron chi connectivity index (χ3n) is 3.69. The molecule has 3 heteroatoms. The van der Waals surface area contributed by atoms with Gasteiger partial charge in [0.15, 0.2) is 0 Å². The fourth-order valence-electron chi connectivity index (χ4n) is 2.52. The summed E-state index contributed by atoms with van der Waals surface area (Å²) in [6, 6.07) is 0. The van der Waals surface area contributed by atoms with Crippen molar-refractivity contribution < 1.29 is 9.84 Å². The molecule has 1 aliphatic heterocycles. The second kappa shape index (κ2) is 6.34. The van der Waals surface area contributed by atoms with E-state index in [1.807, 2.05) is 0 Å². The van der Waals surface area contributed by atoms with E-state index in [1.54, 1.807) is 7.11 Å². The van der Waals surface area contributed by atoms with Gasteiger partial charge in [-0.05, 0) is 32.1 Å². The topological polar surface area (TPSA) is 32.7 Å². The van der Waals surface area contributed by atoms with E-state index < -0.39 is 0 Å². The summed E-state index contributed by atoms with van der Waals surface area (Å²) in [5.74, 6) is 0. The lowest BCUT2D eigenvalue weighted by atomic mass is 10.0. The average molecular weight is 237 g/mol. The molecule has 2 unspecified atom stereocenters. The summed E-state index contributed by atoms with van der Waals surface area (Å²) in [6.07, 6.45) is 11.7. The first-order chi connectivity index (χ1) is 8.29. The molecule has 0 aromatic rings. The minimum absolute atomic E-state index is 0.238. The van der Waals surface area contributed by atoms with Gasteiger partial charge in [0.25, 0.3) is 0 Å². The molecule has 0 aromatic carbocycles. The van der Waals surface area contributed by atoms with Gasteiger partial charge in [0.2, 0.25) is 0 Å². The molecule has 1 N–H and O–H groups in total. The maximum absolute atomic E-state index is 10.0. The Labute approximate surface area is 104 Å². The van der Waals surface area contributed by atoms with Crippen LogP contribution in [0.2, 0.25) is 0 Å². The number of ether oxygens (including phenoxy) is 1. The van der Waals surface area contributed by atoms with Crippen molar-refractivity contribution >= 4 is 0 Å². The van der Waals surface area contributed by atoms with Crippen molar-refractivity contribution in [3.8, 4) is 0 Å². The number of likely N-dealkylation sites (tertiary alicyclic amines) is 1. The molecule has 0 amide bonds. The van der Waals surface area contributed by atoms with Gasteiger partial charge in [-0.3, -0.25) is 4.90 Å². The Morgan fingerprint density at radius 1 is 1.47 bits per heavy atom. The Balaban J connectivity index is 1.71. The normalized spacial score (nSPS) is 27.2. The Bertz CT molecular complexity index is 293. The number of hydrogen-bond donors (Lipinski definition) is 1. The van der Waals surface area contributed by atoms with Gasteiger partial charge in [0.1, 0.15) is 6.23 Å². The molecule has 1 saturated heterocycles. The first kappa shape index (κ1) is 12.8. The van der Waals surface area contributed by atoms with E-state index >= 15 is 0 Å². The van der Waals surface area contributed by atoms with Gasteiger partial charge >= 0.3 is 0 Å². The highest BCUT2D eigenvalue weighted by Gasteiger charge is 2.19. The number of aliphatic hydroxyl groups excluding tert-OH is 1. The van der Waals surface area contributed by atoms with Gasteiger partial charge in [-0.15, -0.1) is 0 Å². The van der Waals surface area contributed by atoms with E-state index in [0.29, 0.717) is 0 Å². The van der Waals surface area contributed by atoms with Gasteiger partial charge < -0.3 is 9.84 Å². The molecule has 1 fully saturated rings. The fourth-order valence-corrected chi connectivity index (χ4v) is 2.52. The molecule has 0 aromatic heterocycles. The van der Waals surface area contributed by atoms with Gasteiger partial charge in [-0.2, -0.15) is 0 Å². The number of nitrogens with zero attached hydrogens (tertiary/aromatic N) is 1. The number of allylic oxidation sites excluding steroid dienone is 2. The van der Waals surface area contributed by atoms with Crippen LogP contribution in [0.5, 0.6) is 0 Å². The molecule has 0 bridgehead atoms. The van der Waals surface area contributed by atoms with Crippen LogP contribution in [0.25, 0.3) is 0 Å². The van der Waals surface area contributed by atoms with Gasteiger partial charge in [-0.25, -0.2) is 0 Å². The molecule has 2 rings (SSSR count). The minimum Gasteiger partial charge on any atom is -0.378 e. The van der Waals surface area contributed by atoms with Crippen molar-refractivity contribution in [2.75, 3.05) is 20.2 Å². The van der Waals surface area contributed by atoms with Crippen LogP contribution in [0, 0.1) is 0 Å². The van der Waals surface area contributed by atoms with Crippen molar-refractivity contribution in [1.82, 2.24) is 4.90 Å². The lowest BCUT2D eigenvalue weighted by molar-refractivity contribution is 0.0145. The number of methoxy groups -OCH3 is 1. The van der Waals surface area contributed by atoms with E-state index in [1.165, 1.54) is 18.4 Å². The summed E-state index contributed by atoms with van der Waals surface area (Å²) in [5, 5.41) is 10.0. The Morgan fingerprint density at radius 3 is 2.82 bits per heavy atom. The molecule has 0 spiro atoms. The lowest BCUT2D eigenvalue weighted by Gasteiger charge is -2.23. The van der Waals surface area contributed by atoms with Gasteiger partial charge in [0, 0.05) is 20.2 Å². The fraction of sp³-hybridized carbons (Fsp3) is 0.714. The Kier molecular flexibility index (Phi) is 4.77. The van der Waals surface area contributed by atoms with Crippen LogP contribution in [-0.2, 0) is 4.74 Å². The molecule has 1 aliphatic carbocycles. The quantitative estimate of drug-likeness (QED) is 0.794. The van der Waals surface area contributed by atoms with E-state index in [0.717, 1.165) is 32.4 Å². The lowest BCUT2D eigenvalue weighted by Crippen LogP contribution is -2.32. The predicted octanol–water partition coefficient (Wildman–Crippen LogP) is 2.08. The van der Waals surface area contributed by atoms with E-state index in [4.69, 9.17) is 4.74 Å². The molecule has 1 heterocycles. The smallest absolute Gasteiger partial charge is 0.107 e. The molecular weight excluding hydrogens is 214 g/mol. The molecule has 3 nitrogen and oxygen atoms in total. The monoisotopic (exact) mass is 237 g/mol. The summed E-state index contributed by atoms with van der Waals surface area (Å²) in [7, 11) is 1.74. The zero-order valence-corrected chi connectivity index (χ0v) is 10.6. The highest BCUT2D eigenvalue weighted by molar-refractivity contribution is 5.24. The molecule has 17 heavy (non-hydrogen) atoms. The van der Waals surface area contributed by atoms with Crippen LogP contribution in [0.4, 0.5) is 0 Å². The standard InChI is InChI=1S/C14H23NO2/c1-17-13-7-4-12(5-8-13)6-9-14(16)15-10-2-3-11-15/h4-5,7,13-14,16H,2-3,6,8-11H2,1H3. The number of rotatable bonds is 5. The van der Waals surface area contributed by atoms with Crippen molar-refractivity contribution in [1.29, 1.82) is 0 Å². The molecule has 2 aliphatic rings. The van der Waals surface area contributed by atoms with Crippen molar-refractivity contribution in [2.45, 2.75) is 44.4 Å². The maximum atomic E-state index is 10.0. The van der Waals surface area contributed by atoms with Crippen LogP contribution in [0.1, 0.15) is 32.1 Å². The summed E-state index contributed by atoms with van der Waals surface area (Å²) >= 11 is 0. The van der Waals surface area contributed by atoms with Crippen molar-refractivity contribution in [3.05, 3.63) is 23.8 Å². The first-order valence-corrected chi connectivity index (χ1v) is 6.62. The van der Waals surface area contributed by atoms with Crippen LogP contribution in [0.15, 0.2) is 23.8 Å². The molecule has 96 valence electrons. The summed E-state index contributed by atoms with van der Waals surface area (Å²) < 4.78 is 5.26. The predicted molar refractivity (Wildman–Crippen MR) is 68.7 cm³/mol. The molecule has 0 saturated carbocycles. The molecular formula is C14H23NO2. The van der Waals surface area contributed by atoms with E-state index in [9.17, 15) is 5.11 Å². The van der Waals surface area contributed by atoms with E-state index in [2.05, 4.69) is 23.1 Å². The number of hydrogen-bond acceptors (Lipinski definition) is 3.